The first-order valence-electron chi connectivity index (χ1n) is 4.60. The average molecular weight is 251 g/mol. The Bertz CT molecular complexity index is 482. The van der Waals surface area contributed by atoms with Crippen LogP contribution in [0.25, 0.3) is 0 Å². The summed E-state index contributed by atoms with van der Waals surface area (Å²) in [6, 6.07) is 5.71. The summed E-state index contributed by atoms with van der Waals surface area (Å²) in [4.78, 5) is 16.1. The third kappa shape index (κ3) is 2.62. The maximum atomic E-state index is 10.9. The van der Waals surface area contributed by atoms with Gasteiger partial charge in [0.05, 0.1) is 0 Å². The molecular weight excluding hydrogens is 242 g/mol. The summed E-state index contributed by atoms with van der Waals surface area (Å²) in [6.07, 6.45) is 3.48. The zero-order valence-electron chi connectivity index (χ0n) is 8.29. The van der Waals surface area contributed by atoms with Crippen LogP contribution in [-0.4, -0.2) is 16.1 Å². The molecule has 0 aliphatic rings. The van der Waals surface area contributed by atoms with Gasteiger partial charge < -0.3 is 5.11 Å². The number of carbonyl (C=O) groups is 1. The number of hydrogen-bond acceptors (Lipinski definition) is 4. The zero-order valence-corrected chi connectivity index (χ0v) is 9.92. The summed E-state index contributed by atoms with van der Waals surface area (Å²) in [5.41, 5.74) is 1.14. The van der Waals surface area contributed by atoms with Crippen molar-refractivity contribution in [2.75, 3.05) is 0 Å². The number of pyridine rings is 1. The van der Waals surface area contributed by atoms with Gasteiger partial charge in [0.25, 0.3) is 0 Å². The summed E-state index contributed by atoms with van der Waals surface area (Å²) in [6.45, 7) is 0. The zero-order chi connectivity index (χ0) is 11.4. The quantitative estimate of drug-likeness (QED) is 0.848. The molecule has 2 aromatic rings. The molecule has 82 valence electrons. The van der Waals surface area contributed by atoms with Crippen LogP contribution in [0.1, 0.15) is 15.2 Å². The Labute approximate surface area is 101 Å². The smallest absolute Gasteiger partial charge is 0.347 e. The van der Waals surface area contributed by atoms with Crippen molar-refractivity contribution >= 4 is 29.1 Å². The Balaban J connectivity index is 2.05. The maximum Gasteiger partial charge on any atom is 0.347 e. The maximum absolute atomic E-state index is 10.9. The van der Waals surface area contributed by atoms with E-state index in [2.05, 4.69) is 4.98 Å². The van der Waals surface area contributed by atoms with Crippen molar-refractivity contribution in [3.05, 3.63) is 46.4 Å². The second-order valence-corrected chi connectivity index (χ2v) is 5.00. The minimum atomic E-state index is -0.854. The molecule has 2 heterocycles. The number of nitrogens with zero attached hydrogens (tertiary/aromatic N) is 1. The molecule has 3 nitrogen and oxygen atoms in total. The van der Waals surface area contributed by atoms with E-state index in [1.807, 2.05) is 18.2 Å². The number of carboxylic acids is 1. The monoisotopic (exact) mass is 251 g/mol. The second-order valence-electron chi connectivity index (χ2n) is 3.06. The standard InChI is InChI=1S/C11H9NO2S2/c13-11(14)10-9(3-6-15-10)16-7-8-1-4-12-5-2-8/h1-6H,7H2,(H,13,14). The van der Waals surface area contributed by atoms with Gasteiger partial charge in [-0.25, -0.2) is 4.79 Å². The number of aromatic nitrogens is 1. The van der Waals surface area contributed by atoms with Gasteiger partial charge in [0.2, 0.25) is 0 Å². The molecule has 16 heavy (non-hydrogen) atoms. The highest BCUT2D eigenvalue weighted by Crippen LogP contribution is 2.29. The van der Waals surface area contributed by atoms with Gasteiger partial charge in [0.15, 0.2) is 0 Å². The number of thioether (sulfide) groups is 1. The van der Waals surface area contributed by atoms with Crippen LogP contribution in [-0.2, 0) is 5.75 Å². The Morgan fingerprint density at radius 1 is 1.38 bits per heavy atom. The van der Waals surface area contributed by atoms with Crippen LogP contribution in [0.5, 0.6) is 0 Å². The molecule has 1 N–H and O–H groups in total. The first-order chi connectivity index (χ1) is 7.77. The van der Waals surface area contributed by atoms with Crippen molar-refractivity contribution < 1.29 is 9.90 Å². The molecule has 0 aliphatic heterocycles. The van der Waals surface area contributed by atoms with E-state index in [-0.39, 0.29) is 0 Å². The fraction of sp³-hybridized carbons (Fsp3) is 0.0909. The van der Waals surface area contributed by atoms with E-state index in [4.69, 9.17) is 5.11 Å². The molecule has 0 saturated carbocycles. The topological polar surface area (TPSA) is 50.2 Å². The van der Waals surface area contributed by atoms with Crippen LogP contribution in [0.3, 0.4) is 0 Å². The molecule has 0 aromatic carbocycles. The fourth-order valence-corrected chi connectivity index (χ4v) is 3.14. The first-order valence-corrected chi connectivity index (χ1v) is 6.46. The van der Waals surface area contributed by atoms with Gasteiger partial charge in [-0.1, -0.05) is 0 Å². The van der Waals surface area contributed by atoms with Crippen molar-refractivity contribution in [1.29, 1.82) is 0 Å². The Hall–Kier alpha value is -1.33. The number of hydrogen-bond donors (Lipinski definition) is 1. The molecule has 0 aliphatic carbocycles. The fourth-order valence-electron chi connectivity index (χ4n) is 1.21. The average Bonchev–Trinajstić information content (AvgIpc) is 2.76. The molecule has 0 unspecified atom stereocenters. The van der Waals surface area contributed by atoms with Gasteiger partial charge in [-0.3, -0.25) is 4.98 Å². The highest BCUT2D eigenvalue weighted by molar-refractivity contribution is 7.98. The van der Waals surface area contributed by atoms with Crippen LogP contribution in [0.15, 0.2) is 40.9 Å². The van der Waals surface area contributed by atoms with Gasteiger partial charge in [-0.2, -0.15) is 0 Å². The van der Waals surface area contributed by atoms with Crippen molar-refractivity contribution in [3.8, 4) is 0 Å². The number of rotatable bonds is 4. The molecule has 0 fully saturated rings. The Morgan fingerprint density at radius 2 is 2.12 bits per heavy atom. The number of aromatic carboxylic acids is 1. The third-order valence-corrected chi connectivity index (χ3v) is 4.13. The van der Waals surface area contributed by atoms with Crippen LogP contribution in [0.4, 0.5) is 0 Å². The van der Waals surface area contributed by atoms with E-state index < -0.39 is 5.97 Å². The van der Waals surface area contributed by atoms with E-state index in [1.165, 1.54) is 23.1 Å². The van der Waals surface area contributed by atoms with Gasteiger partial charge >= 0.3 is 5.97 Å². The number of carboxylic acid groups (broad SMARTS) is 1. The lowest BCUT2D eigenvalue weighted by molar-refractivity contribution is 0.0699. The van der Waals surface area contributed by atoms with E-state index in [0.29, 0.717) is 4.88 Å². The molecule has 0 amide bonds. The molecule has 0 atom stereocenters. The Morgan fingerprint density at radius 3 is 2.81 bits per heavy atom. The molecule has 0 bridgehead atoms. The largest absolute Gasteiger partial charge is 0.477 e. The van der Waals surface area contributed by atoms with Crippen LogP contribution in [0, 0.1) is 0 Å². The van der Waals surface area contributed by atoms with E-state index in [0.717, 1.165) is 16.2 Å². The molecule has 2 aromatic heterocycles. The van der Waals surface area contributed by atoms with Gasteiger partial charge in [-0.15, -0.1) is 23.1 Å². The van der Waals surface area contributed by atoms with Crippen LogP contribution < -0.4 is 0 Å². The summed E-state index contributed by atoms with van der Waals surface area (Å²) < 4.78 is 0. The van der Waals surface area contributed by atoms with Gasteiger partial charge in [0, 0.05) is 23.0 Å². The van der Waals surface area contributed by atoms with Crippen molar-refractivity contribution in [2.24, 2.45) is 0 Å². The highest BCUT2D eigenvalue weighted by atomic mass is 32.2. The molecule has 0 saturated heterocycles. The predicted octanol–water partition coefficient (Wildman–Crippen LogP) is 3.13. The SMILES string of the molecule is O=C(O)c1sccc1SCc1ccncc1. The van der Waals surface area contributed by atoms with Crippen LogP contribution >= 0.6 is 23.1 Å². The lowest BCUT2D eigenvalue weighted by Crippen LogP contribution is -1.93. The molecular formula is C11H9NO2S2. The van der Waals surface area contributed by atoms with E-state index >= 15 is 0 Å². The summed E-state index contributed by atoms with van der Waals surface area (Å²) in [7, 11) is 0. The number of thiophene rings is 1. The lowest BCUT2D eigenvalue weighted by atomic mass is 10.3. The van der Waals surface area contributed by atoms with Crippen LogP contribution in [0.2, 0.25) is 0 Å². The molecule has 2 rings (SSSR count). The lowest BCUT2D eigenvalue weighted by Gasteiger charge is -2.00. The Kier molecular flexibility index (Phi) is 3.58. The highest BCUT2D eigenvalue weighted by Gasteiger charge is 2.11. The van der Waals surface area contributed by atoms with E-state index in [1.54, 1.807) is 17.8 Å². The second kappa shape index (κ2) is 5.14. The molecule has 0 radical (unpaired) electrons. The third-order valence-electron chi connectivity index (χ3n) is 1.97. The van der Waals surface area contributed by atoms with Crippen molar-refractivity contribution in [2.45, 2.75) is 10.6 Å². The van der Waals surface area contributed by atoms with Crippen molar-refractivity contribution in [3.63, 3.8) is 0 Å². The predicted molar refractivity (Wildman–Crippen MR) is 65.1 cm³/mol. The van der Waals surface area contributed by atoms with Gasteiger partial charge in [0.1, 0.15) is 4.88 Å². The normalized spacial score (nSPS) is 10.2. The molecule has 0 spiro atoms. The minimum absolute atomic E-state index is 0.416. The van der Waals surface area contributed by atoms with E-state index in [9.17, 15) is 4.79 Å². The van der Waals surface area contributed by atoms with Crippen molar-refractivity contribution in [1.82, 2.24) is 4.98 Å². The first kappa shape index (κ1) is 11.2. The molecule has 5 heteroatoms. The minimum Gasteiger partial charge on any atom is -0.477 e. The summed E-state index contributed by atoms with van der Waals surface area (Å²) in [5, 5.41) is 10.7. The summed E-state index contributed by atoms with van der Waals surface area (Å²) in [5.74, 6) is -0.0910. The summed E-state index contributed by atoms with van der Waals surface area (Å²) >= 11 is 2.80. The van der Waals surface area contributed by atoms with Gasteiger partial charge in [-0.05, 0) is 29.1 Å².